The number of ether oxygens (including phenoxy) is 1. The molecule has 0 aliphatic carbocycles. The maximum Gasteiger partial charge on any atom is 0.154 e. The fourth-order valence-corrected chi connectivity index (χ4v) is 3.21. The van der Waals surface area contributed by atoms with Crippen LogP contribution in [0.5, 0.6) is 5.75 Å². The van der Waals surface area contributed by atoms with E-state index in [9.17, 15) is 0 Å². The normalized spacial score (nSPS) is 18.7. The highest BCUT2D eigenvalue weighted by Gasteiger charge is 2.29. The Hall–Kier alpha value is -1.81. The number of nitrogens with zero attached hydrogens (tertiary/aromatic N) is 2. The summed E-state index contributed by atoms with van der Waals surface area (Å²) < 4.78 is 11.5. The molecule has 2 heterocycles. The molecular weight excluding hydrogens is 288 g/mol. The van der Waals surface area contributed by atoms with E-state index in [1.165, 1.54) is 12.0 Å². The zero-order valence-electron chi connectivity index (χ0n) is 14.3. The van der Waals surface area contributed by atoms with Gasteiger partial charge in [-0.2, -0.15) is 0 Å². The Bertz CT molecular complexity index is 636. The lowest BCUT2D eigenvalue weighted by Gasteiger charge is -2.24. The smallest absolute Gasteiger partial charge is 0.154 e. The van der Waals surface area contributed by atoms with Crippen molar-refractivity contribution in [3.8, 4) is 5.75 Å². The van der Waals surface area contributed by atoms with Crippen LogP contribution in [0.1, 0.15) is 56.7 Å². The van der Waals surface area contributed by atoms with Crippen LogP contribution in [0.15, 0.2) is 34.9 Å². The minimum atomic E-state index is 0.187. The number of hydrogen-bond acceptors (Lipinski definition) is 4. The molecule has 0 bridgehead atoms. The molecule has 3 rings (SSSR count). The molecule has 1 fully saturated rings. The van der Waals surface area contributed by atoms with Crippen LogP contribution in [0.3, 0.4) is 0 Å². The van der Waals surface area contributed by atoms with Crippen LogP contribution in [-0.2, 0) is 13.0 Å². The van der Waals surface area contributed by atoms with Crippen molar-refractivity contribution in [2.75, 3.05) is 6.54 Å². The van der Waals surface area contributed by atoms with Gasteiger partial charge in [-0.1, -0.05) is 30.3 Å². The van der Waals surface area contributed by atoms with Gasteiger partial charge in [0.2, 0.25) is 0 Å². The molecule has 1 atom stereocenters. The number of rotatable bonds is 6. The Balaban J connectivity index is 1.76. The molecule has 1 aliphatic rings. The molecule has 1 saturated heterocycles. The zero-order chi connectivity index (χ0) is 16.2. The van der Waals surface area contributed by atoms with E-state index < -0.39 is 0 Å². The maximum atomic E-state index is 5.96. The third-order valence-corrected chi connectivity index (χ3v) is 4.34. The van der Waals surface area contributed by atoms with Gasteiger partial charge >= 0.3 is 0 Å². The van der Waals surface area contributed by atoms with Crippen LogP contribution in [0.4, 0.5) is 0 Å². The Labute approximate surface area is 138 Å². The second kappa shape index (κ2) is 7.18. The summed E-state index contributed by atoms with van der Waals surface area (Å²) in [6.07, 6.45) is 3.43. The number of aromatic nitrogens is 1. The highest BCUT2D eigenvalue weighted by molar-refractivity contribution is 5.33. The van der Waals surface area contributed by atoms with Crippen molar-refractivity contribution in [1.82, 2.24) is 10.1 Å². The van der Waals surface area contributed by atoms with Crippen LogP contribution < -0.4 is 4.74 Å². The van der Waals surface area contributed by atoms with E-state index in [4.69, 9.17) is 9.26 Å². The van der Waals surface area contributed by atoms with E-state index in [0.717, 1.165) is 43.1 Å². The lowest BCUT2D eigenvalue weighted by Crippen LogP contribution is -2.23. The number of para-hydroxylation sites is 1. The predicted molar refractivity (Wildman–Crippen MR) is 90.5 cm³/mol. The van der Waals surface area contributed by atoms with Gasteiger partial charge in [-0.25, -0.2) is 0 Å². The van der Waals surface area contributed by atoms with Gasteiger partial charge in [0.25, 0.3) is 0 Å². The van der Waals surface area contributed by atoms with Crippen LogP contribution in [0.25, 0.3) is 0 Å². The summed E-state index contributed by atoms with van der Waals surface area (Å²) in [5.41, 5.74) is 2.28. The van der Waals surface area contributed by atoms with Crippen molar-refractivity contribution in [2.24, 2.45) is 0 Å². The SMILES string of the molecule is CCc1cc([C@@H]2CCCN2Cc2ccccc2OC(C)C)on1. The van der Waals surface area contributed by atoms with Gasteiger partial charge < -0.3 is 9.26 Å². The minimum absolute atomic E-state index is 0.187. The van der Waals surface area contributed by atoms with Crippen molar-refractivity contribution in [3.05, 3.63) is 47.3 Å². The molecule has 0 spiro atoms. The Morgan fingerprint density at radius 1 is 1.35 bits per heavy atom. The molecule has 1 aliphatic heterocycles. The minimum Gasteiger partial charge on any atom is -0.491 e. The Kier molecular flexibility index (Phi) is 5.01. The van der Waals surface area contributed by atoms with E-state index >= 15 is 0 Å². The molecule has 0 unspecified atom stereocenters. The molecule has 0 amide bonds. The fourth-order valence-electron chi connectivity index (χ4n) is 3.21. The van der Waals surface area contributed by atoms with Crippen molar-refractivity contribution >= 4 is 0 Å². The lowest BCUT2D eigenvalue weighted by atomic mass is 10.1. The molecule has 4 heteroatoms. The largest absolute Gasteiger partial charge is 0.491 e. The molecule has 0 radical (unpaired) electrons. The van der Waals surface area contributed by atoms with Gasteiger partial charge in [0.1, 0.15) is 5.75 Å². The summed E-state index contributed by atoms with van der Waals surface area (Å²) in [5, 5.41) is 4.15. The Morgan fingerprint density at radius 3 is 2.91 bits per heavy atom. The first kappa shape index (κ1) is 16.1. The predicted octanol–water partition coefficient (Wildman–Crippen LogP) is 4.36. The number of benzene rings is 1. The molecule has 0 N–H and O–H groups in total. The zero-order valence-corrected chi connectivity index (χ0v) is 14.3. The van der Waals surface area contributed by atoms with E-state index in [1.807, 2.05) is 6.07 Å². The van der Waals surface area contributed by atoms with Gasteiger partial charge in [0, 0.05) is 18.2 Å². The summed E-state index contributed by atoms with van der Waals surface area (Å²) in [7, 11) is 0. The topological polar surface area (TPSA) is 38.5 Å². The first-order valence-corrected chi connectivity index (χ1v) is 8.61. The average Bonchev–Trinajstić information content (AvgIpc) is 3.17. The lowest BCUT2D eigenvalue weighted by molar-refractivity contribution is 0.197. The standard InChI is InChI=1S/C19H26N2O2/c1-4-16-12-19(23-20-16)17-9-7-11-21(17)13-15-8-5-6-10-18(15)22-14(2)3/h5-6,8,10,12,14,17H,4,7,9,11,13H2,1-3H3/t17-/m0/s1. The van der Waals surface area contributed by atoms with E-state index in [-0.39, 0.29) is 6.10 Å². The maximum absolute atomic E-state index is 5.96. The quantitative estimate of drug-likeness (QED) is 0.794. The molecule has 23 heavy (non-hydrogen) atoms. The summed E-state index contributed by atoms with van der Waals surface area (Å²) >= 11 is 0. The number of hydrogen-bond donors (Lipinski definition) is 0. The average molecular weight is 314 g/mol. The highest BCUT2D eigenvalue weighted by atomic mass is 16.5. The monoisotopic (exact) mass is 314 g/mol. The summed E-state index contributed by atoms with van der Waals surface area (Å²) in [5.74, 6) is 1.99. The van der Waals surface area contributed by atoms with Crippen LogP contribution in [0.2, 0.25) is 0 Å². The van der Waals surface area contributed by atoms with Crippen molar-refractivity contribution in [1.29, 1.82) is 0 Å². The second-order valence-corrected chi connectivity index (χ2v) is 6.48. The fraction of sp³-hybridized carbons (Fsp3) is 0.526. The highest BCUT2D eigenvalue weighted by Crippen LogP contribution is 2.35. The van der Waals surface area contributed by atoms with E-state index in [0.29, 0.717) is 6.04 Å². The van der Waals surface area contributed by atoms with Crippen LogP contribution in [-0.4, -0.2) is 22.7 Å². The number of likely N-dealkylation sites (tertiary alicyclic amines) is 1. The van der Waals surface area contributed by atoms with Crippen molar-refractivity contribution in [3.63, 3.8) is 0 Å². The van der Waals surface area contributed by atoms with Gasteiger partial charge in [-0.05, 0) is 45.7 Å². The van der Waals surface area contributed by atoms with Gasteiger partial charge in [0.05, 0.1) is 17.8 Å². The van der Waals surface area contributed by atoms with Crippen molar-refractivity contribution in [2.45, 2.75) is 58.7 Å². The molecule has 1 aromatic heterocycles. The third kappa shape index (κ3) is 3.75. The van der Waals surface area contributed by atoms with Gasteiger partial charge in [-0.15, -0.1) is 0 Å². The first-order chi connectivity index (χ1) is 11.2. The second-order valence-electron chi connectivity index (χ2n) is 6.48. The summed E-state index contributed by atoms with van der Waals surface area (Å²) in [6.45, 7) is 8.21. The number of aryl methyl sites for hydroxylation is 1. The Morgan fingerprint density at radius 2 is 2.17 bits per heavy atom. The molecular formula is C19H26N2O2. The van der Waals surface area contributed by atoms with Crippen LogP contribution >= 0.6 is 0 Å². The molecule has 1 aromatic carbocycles. The first-order valence-electron chi connectivity index (χ1n) is 8.61. The third-order valence-electron chi connectivity index (χ3n) is 4.34. The van der Waals surface area contributed by atoms with E-state index in [2.05, 4.69) is 55.1 Å². The van der Waals surface area contributed by atoms with Gasteiger partial charge in [-0.3, -0.25) is 4.90 Å². The van der Waals surface area contributed by atoms with E-state index in [1.54, 1.807) is 0 Å². The molecule has 4 nitrogen and oxygen atoms in total. The summed E-state index contributed by atoms with van der Waals surface area (Å²) in [6, 6.07) is 10.8. The van der Waals surface area contributed by atoms with Crippen LogP contribution in [0, 0.1) is 0 Å². The van der Waals surface area contributed by atoms with Crippen molar-refractivity contribution < 1.29 is 9.26 Å². The van der Waals surface area contributed by atoms with Gasteiger partial charge in [0.15, 0.2) is 5.76 Å². The summed E-state index contributed by atoms with van der Waals surface area (Å²) in [4.78, 5) is 2.47. The molecule has 0 saturated carbocycles. The molecule has 124 valence electrons. The molecule has 2 aromatic rings.